The number of hydrogen-bond acceptors (Lipinski definition) is 5. The number of rotatable bonds is 8. The number of phenols is 1. The van der Waals surface area contributed by atoms with Crippen LogP contribution >= 0.6 is 0 Å². The predicted molar refractivity (Wildman–Crippen MR) is 89.8 cm³/mol. The molecule has 0 fully saturated rings. The van der Waals surface area contributed by atoms with Gasteiger partial charge in [-0.3, -0.25) is 0 Å². The van der Waals surface area contributed by atoms with Gasteiger partial charge in [-0.05, 0) is 58.4 Å². The lowest BCUT2D eigenvalue weighted by molar-refractivity contribution is 0.0527. The van der Waals surface area contributed by atoms with Crippen molar-refractivity contribution in [2.75, 3.05) is 19.7 Å². The molecule has 6 heteroatoms. The van der Waals surface area contributed by atoms with Crippen molar-refractivity contribution in [3.05, 3.63) is 23.8 Å². The van der Waals surface area contributed by atoms with Gasteiger partial charge in [-0.2, -0.15) is 0 Å². The van der Waals surface area contributed by atoms with Crippen LogP contribution in [0.25, 0.3) is 0 Å². The molecule has 0 aromatic heterocycles. The van der Waals surface area contributed by atoms with Crippen LogP contribution in [-0.4, -0.2) is 36.5 Å². The van der Waals surface area contributed by atoms with E-state index in [1.54, 1.807) is 6.07 Å². The highest BCUT2D eigenvalue weighted by Gasteiger charge is 2.15. The van der Waals surface area contributed by atoms with Crippen LogP contribution in [0.5, 0.6) is 11.5 Å². The van der Waals surface area contributed by atoms with Crippen LogP contribution in [-0.2, 0) is 11.3 Å². The fraction of sp³-hybridized carbons (Fsp3) is 0.588. The first kappa shape index (κ1) is 19.1. The largest absolute Gasteiger partial charge is 0.504 e. The van der Waals surface area contributed by atoms with E-state index in [4.69, 9.17) is 9.47 Å². The number of nitrogens with one attached hydrogen (secondary N) is 2. The lowest BCUT2D eigenvalue weighted by Gasteiger charge is -2.19. The van der Waals surface area contributed by atoms with Crippen LogP contribution in [0, 0.1) is 0 Å². The molecule has 23 heavy (non-hydrogen) atoms. The Morgan fingerprint density at radius 1 is 1.26 bits per heavy atom. The summed E-state index contributed by atoms with van der Waals surface area (Å²) in [6.45, 7) is 9.89. The van der Waals surface area contributed by atoms with Gasteiger partial charge in [-0.25, -0.2) is 4.79 Å². The standard InChI is InChI=1S/C17H28N2O4/c1-5-22-15-11-13(7-8-14(15)20)12-18-9-6-10-19-16(21)23-17(2,3)4/h7-8,11,18,20H,5-6,9-10,12H2,1-4H3,(H,19,21). The van der Waals surface area contributed by atoms with E-state index in [-0.39, 0.29) is 5.75 Å². The molecule has 0 radical (unpaired) electrons. The SMILES string of the molecule is CCOc1cc(CNCCCNC(=O)OC(C)(C)C)ccc1O. The van der Waals surface area contributed by atoms with Gasteiger partial charge in [0.1, 0.15) is 5.60 Å². The average Bonchev–Trinajstić information content (AvgIpc) is 2.44. The van der Waals surface area contributed by atoms with Crippen molar-refractivity contribution in [1.29, 1.82) is 0 Å². The third-order valence-corrected chi connectivity index (χ3v) is 2.85. The molecule has 130 valence electrons. The van der Waals surface area contributed by atoms with E-state index in [1.807, 2.05) is 39.8 Å². The number of amides is 1. The van der Waals surface area contributed by atoms with Gasteiger partial charge in [0.2, 0.25) is 0 Å². The lowest BCUT2D eigenvalue weighted by Crippen LogP contribution is -2.33. The van der Waals surface area contributed by atoms with E-state index in [9.17, 15) is 9.90 Å². The summed E-state index contributed by atoms with van der Waals surface area (Å²) in [5.41, 5.74) is 0.561. The van der Waals surface area contributed by atoms with E-state index < -0.39 is 11.7 Å². The summed E-state index contributed by atoms with van der Waals surface area (Å²) in [4.78, 5) is 11.5. The molecule has 1 amide bonds. The van der Waals surface area contributed by atoms with Gasteiger partial charge in [-0.15, -0.1) is 0 Å². The number of benzene rings is 1. The molecular weight excluding hydrogens is 296 g/mol. The first-order valence-electron chi connectivity index (χ1n) is 7.94. The predicted octanol–water partition coefficient (Wildman–Crippen LogP) is 2.80. The topological polar surface area (TPSA) is 79.8 Å². The van der Waals surface area contributed by atoms with Crippen molar-refractivity contribution in [1.82, 2.24) is 10.6 Å². The van der Waals surface area contributed by atoms with Gasteiger partial charge in [0.15, 0.2) is 11.5 Å². The minimum atomic E-state index is -0.473. The van der Waals surface area contributed by atoms with Crippen LogP contribution in [0.15, 0.2) is 18.2 Å². The quantitative estimate of drug-likeness (QED) is 0.641. The van der Waals surface area contributed by atoms with Crippen molar-refractivity contribution in [2.45, 2.75) is 46.3 Å². The number of hydrogen-bond donors (Lipinski definition) is 3. The number of ether oxygens (including phenoxy) is 2. The van der Waals surface area contributed by atoms with Gasteiger partial charge < -0.3 is 25.2 Å². The van der Waals surface area contributed by atoms with Crippen molar-refractivity contribution >= 4 is 6.09 Å². The maximum atomic E-state index is 11.5. The summed E-state index contributed by atoms with van der Waals surface area (Å²) in [7, 11) is 0. The summed E-state index contributed by atoms with van der Waals surface area (Å²) in [5.74, 6) is 0.649. The Bertz CT molecular complexity index is 498. The number of aromatic hydroxyl groups is 1. The molecule has 0 atom stereocenters. The van der Waals surface area contributed by atoms with Crippen molar-refractivity contribution in [3.8, 4) is 11.5 Å². The molecule has 0 heterocycles. The Morgan fingerprint density at radius 3 is 2.65 bits per heavy atom. The average molecular weight is 324 g/mol. The second-order valence-electron chi connectivity index (χ2n) is 6.19. The van der Waals surface area contributed by atoms with Crippen molar-refractivity contribution in [2.24, 2.45) is 0 Å². The summed E-state index contributed by atoms with van der Waals surface area (Å²) < 4.78 is 10.5. The summed E-state index contributed by atoms with van der Waals surface area (Å²) >= 11 is 0. The molecular formula is C17H28N2O4. The summed E-state index contributed by atoms with van der Waals surface area (Å²) in [6, 6.07) is 5.31. The molecule has 1 aromatic carbocycles. The third kappa shape index (κ3) is 8.30. The molecule has 0 saturated carbocycles. The molecule has 0 bridgehead atoms. The van der Waals surface area contributed by atoms with E-state index in [0.29, 0.717) is 25.4 Å². The Hall–Kier alpha value is -1.95. The van der Waals surface area contributed by atoms with E-state index in [1.165, 1.54) is 0 Å². The number of carbonyl (C=O) groups excluding carboxylic acids is 1. The third-order valence-electron chi connectivity index (χ3n) is 2.85. The Balaban J connectivity index is 2.20. The van der Waals surface area contributed by atoms with Gasteiger partial charge in [-0.1, -0.05) is 6.07 Å². The van der Waals surface area contributed by atoms with Crippen LogP contribution in [0.1, 0.15) is 39.7 Å². The fourth-order valence-corrected chi connectivity index (χ4v) is 1.89. The van der Waals surface area contributed by atoms with E-state index in [0.717, 1.165) is 18.5 Å². The van der Waals surface area contributed by atoms with Crippen LogP contribution in [0.4, 0.5) is 4.79 Å². The smallest absolute Gasteiger partial charge is 0.407 e. The number of phenolic OH excluding ortho intramolecular Hbond substituents is 1. The van der Waals surface area contributed by atoms with Gasteiger partial charge in [0.05, 0.1) is 6.61 Å². The zero-order chi connectivity index (χ0) is 17.3. The molecule has 0 spiro atoms. The fourth-order valence-electron chi connectivity index (χ4n) is 1.89. The minimum absolute atomic E-state index is 0.150. The maximum absolute atomic E-state index is 11.5. The lowest BCUT2D eigenvalue weighted by atomic mass is 10.2. The van der Waals surface area contributed by atoms with Crippen LogP contribution in [0.2, 0.25) is 0 Å². The molecule has 6 nitrogen and oxygen atoms in total. The zero-order valence-corrected chi connectivity index (χ0v) is 14.4. The van der Waals surface area contributed by atoms with E-state index >= 15 is 0 Å². The maximum Gasteiger partial charge on any atom is 0.407 e. The first-order valence-corrected chi connectivity index (χ1v) is 7.94. The Labute approximate surface area is 138 Å². The molecule has 3 N–H and O–H groups in total. The molecule has 1 aromatic rings. The molecule has 0 saturated heterocycles. The first-order chi connectivity index (χ1) is 10.8. The van der Waals surface area contributed by atoms with Crippen molar-refractivity contribution in [3.63, 3.8) is 0 Å². The highest BCUT2D eigenvalue weighted by Crippen LogP contribution is 2.26. The minimum Gasteiger partial charge on any atom is -0.504 e. The molecule has 0 aliphatic heterocycles. The second-order valence-corrected chi connectivity index (χ2v) is 6.19. The van der Waals surface area contributed by atoms with Gasteiger partial charge in [0.25, 0.3) is 0 Å². The molecule has 0 aliphatic rings. The van der Waals surface area contributed by atoms with Crippen LogP contribution < -0.4 is 15.4 Å². The summed E-state index contributed by atoms with van der Waals surface area (Å²) in [6.07, 6.45) is 0.410. The highest BCUT2D eigenvalue weighted by molar-refractivity contribution is 5.67. The molecule has 1 rings (SSSR count). The van der Waals surface area contributed by atoms with E-state index in [2.05, 4.69) is 10.6 Å². The Morgan fingerprint density at radius 2 is 2.00 bits per heavy atom. The van der Waals surface area contributed by atoms with Crippen LogP contribution in [0.3, 0.4) is 0 Å². The molecule has 0 aliphatic carbocycles. The monoisotopic (exact) mass is 324 g/mol. The summed E-state index contributed by atoms with van der Waals surface area (Å²) in [5, 5.41) is 15.6. The normalized spacial score (nSPS) is 11.1. The zero-order valence-electron chi connectivity index (χ0n) is 14.4. The highest BCUT2D eigenvalue weighted by atomic mass is 16.6. The number of carbonyl (C=O) groups is 1. The second kappa shape index (κ2) is 9.25. The van der Waals surface area contributed by atoms with Gasteiger partial charge in [0, 0.05) is 13.1 Å². The Kier molecular flexibility index (Phi) is 7.68. The number of alkyl carbamates (subject to hydrolysis) is 1. The van der Waals surface area contributed by atoms with Crippen molar-refractivity contribution < 1.29 is 19.4 Å². The molecule has 0 unspecified atom stereocenters. The van der Waals surface area contributed by atoms with Gasteiger partial charge >= 0.3 is 6.09 Å².